The highest BCUT2D eigenvalue weighted by molar-refractivity contribution is 7.26. The van der Waals surface area contributed by atoms with Crippen molar-refractivity contribution >= 4 is 63.0 Å². The Balaban J connectivity index is 1.24. The van der Waals surface area contributed by atoms with Gasteiger partial charge in [0.1, 0.15) is 0 Å². The quantitative estimate of drug-likeness (QED) is 0.178. The molecule has 0 radical (unpaired) electrons. The van der Waals surface area contributed by atoms with Gasteiger partial charge in [-0.1, -0.05) is 84.9 Å². The summed E-state index contributed by atoms with van der Waals surface area (Å²) >= 11 is 3.66. The van der Waals surface area contributed by atoms with E-state index in [1.807, 2.05) is 71.2 Å². The molecule has 0 unspecified atom stereocenters. The van der Waals surface area contributed by atoms with Crippen LogP contribution in [0.3, 0.4) is 0 Å². The third kappa shape index (κ3) is 5.45. The smallest absolute Gasteiger partial charge is 0.0998 e. The zero-order valence-corrected chi connectivity index (χ0v) is 30.5. The van der Waals surface area contributed by atoms with Gasteiger partial charge in [0.2, 0.25) is 0 Å². The lowest BCUT2D eigenvalue weighted by molar-refractivity contribution is 1.47. The van der Waals surface area contributed by atoms with Crippen LogP contribution in [0.5, 0.6) is 0 Å². The fourth-order valence-corrected chi connectivity index (χ4v) is 9.88. The molecule has 0 aliphatic carbocycles. The van der Waals surface area contributed by atoms with Crippen molar-refractivity contribution in [2.24, 2.45) is 0 Å². The Bertz CT molecular complexity index is 3000. The van der Waals surface area contributed by atoms with E-state index in [4.69, 9.17) is 0 Å². The Morgan fingerprint density at radius 1 is 0.296 bits per heavy atom. The van der Waals surface area contributed by atoms with Gasteiger partial charge in [-0.15, -0.1) is 22.7 Å². The maximum absolute atomic E-state index is 10.1. The van der Waals surface area contributed by atoms with Crippen LogP contribution in [0.25, 0.3) is 96.0 Å². The van der Waals surface area contributed by atoms with Gasteiger partial charge in [-0.3, -0.25) is 0 Å². The standard InChI is InChI=1S/C50H28N2S2/c51-29-33-9-1-3-11-41(33)39-24-38(25-40(26-39)42-12-4-2-10-34(42)30-52)37-22-35(31-17-19-49-45(27-31)43-13-5-7-15-47(43)53-49)21-36(23-37)32-18-20-50-46(28-32)44-14-6-8-16-48(44)54-50/h1-28H. The van der Waals surface area contributed by atoms with E-state index in [0.717, 1.165) is 55.6 Å². The molecule has 10 aromatic rings. The van der Waals surface area contributed by atoms with Crippen molar-refractivity contribution in [3.8, 4) is 67.8 Å². The fourth-order valence-electron chi connectivity index (χ4n) is 7.71. The van der Waals surface area contributed by atoms with Crippen LogP contribution < -0.4 is 0 Å². The van der Waals surface area contributed by atoms with Crippen molar-refractivity contribution in [1.82, 2.24) is 0 Å². The van der Waals surface area contributed by atoms with Gasteiger partial charge in [0.05, 0.1) is 23.3 Å². The maximum atomic E-state index is 10.1. The number of nitriles is 2. The number of hydrogen-bond acceptors (Lipinski definition) is 4. The molecule has 54 heavy (non-hydrogen) atoms. The van der Waals surface area contributed by atoms with Crippen molar-refractivity contribution in [1.29, 1.82) is 10.5 Å². The van der Waals surface area contributed by atoms with Crippen LogP contribution in [-0.2, 0) is 0 Å². The number of fused-ring (bicyclic) bond motifs is 6. The Labute approximate surface area is 320 Å². The molecule has 0 saturated carbocycles. The van der Waals surface area contributed by atoms with E-state index >= 15 is 0 Å². The molecule has 0 bridgehead atoms. The van der Waals surface area contributed by atoms with Gasteiger partial charge >= 0.3 is 0 Å². The molecule has 4 heteroatoms. The monoisotopic (exact) mass is 720 g/mol. The molecule has 0 amide bonds. The number of hydrogen-bond donors (Lipinski definition) is 0. The van der Waals surface area contributed by atoms with Crippen molar-refractivity contribution in [3.63, 3.8) is 0 Å². The minimum Gasteiger partial charge on any atom is -0.192 e. The first-order chi connectivity index (χ1) is 26.6. The molecular weight excluding hydrogens is 693 g/mol. The first-order valence-corrected chi connectivity index (χ1v) is 19.4. The third-order valence-corrected chi connectivity index (χ3v) is 12.6. The van der Waals surface area contributed by atoms with Crippen LogP contribution in [0.1, 0.15) is 11.1 Å². The largest absolute Gasteiger partial charge is 0.192 e. The Morgan fingerprint density at radius 3 is 1.11 bits per heavy atom. The number of nitrogens with zero attached hydrogens (tertiary/aromatic N) is 2. The van der Waals surface area contributed by atoms with E-state index in [0.29, 0.717) is 11.1 Å². The second kappa shape index (κ2) is 13.0. The van der Waals surface area contributed by atoms with E-state index < -0.39 is 0 Å². The summed E-state index contributed by atoms with van der Waals surface area (Å²) in [6.45, 7) is 0. The van der Waals surface area contributed by atoms with E-state index in [1.165, 1.54) is 40.3 Å². The molecular formula is C50H28N2S2. The Kier molecular flexibility index (Phi) is 7.67. The van der Waals surface area contributed by atoms with Gasteiger partial charge in [0, 0.05) is 40.3 Å². The van der Waals surface area contributed by atoms with Gasteiger partial charge < -0.3 is 0 Å². The second-order valence-electron chi connectivity index (χ2n) is 13.5. The molecule has 0 fully saturated rings. The number of benzene rings is 8. The first kappa shape index (κ1) is 31.9. The van der Waals surface area contributed by atoms with E-state index in [-0.39, 0.29) is 0 Å². The van der Waals surface area contributed by atoms with Crippen LogP contribution in [0.2, 0.25) is 0 Å². The molecule has 0 aliphatic rings. The maximum Gasteiger partial charge on any atom is 0.0998 e. The number of thiophene rings is 2. The van der Waals surface area contributed by atoms with Gasteiger partial charge in [0.25, 0.3) is 0 Å². The highest BCUT2D eigenvalue weighted by Gasteiger charge is 2.16. The molecule has 250 valence electrons. The van der Waals surface area contributed by atoms with Gasteiger partial charge in [-0.25, -0.2) is 0 Å². The minimum absolute atomic E-state index is 0.608. The summed E-state index contributed by atoms with van der Waals surface area (Å²) in [6, 6.07) is 64.5. The summed E-state index contributed by atoms with van der Waals surface area (Å²) in [7, 11) is 0. The molecule has 2 nitrogen and oxygen atoms in total. The van der Waals surface area contributed by atoms with E-state index in [9.17, 15) is 10.5 Å². The van der Waals surface area contributed by atoms with Crippen molar-refractivity contribution in [2.45, 2.75) is 0 Å². The topological polar surface area (TPSA) is 47.6 Å². The average molecular weight is 721 g/mol. The summed E-state index contributed by atoms with van der Waals surface area (Å²) < 4.78 is 5.12. The second-order valence-corrected chi connectivity index (χ2v) is 15.7. The molecule has 0 spiro atoms. The number of rotatable bonds is 5. The van der Waals surface area contributed by atoms with Gasteiger partial charge in [0.15, 0.2) is 0 Å². The summed E-state index contributed by atoms with van der Waals surface area (Å²) in [6.07, 6.45) is 0. The average Bonchev–Trinajstić information content (AvgIpc) is 3.81. The van der Waals surface area contributed by atoms with Crippen LogP contribution in [0, 0.1) is 22.7 Å². The van der Waals surface area contributed by atoms with Crippen LogP contribution in [0.15, 0.2) is 170 Å². The van der Waals surface area contributed by atoms with Crippen LogP contribution >= 0.6 is 22.7 Å². The molecule has 2 aromatic heterocycles. The van der Waals surface area contributed by atoms with Crippen molar-refractivity contribution in [3.05, 3.63) is 181 Å². The molecule has 0 saturated heterocycles. The zero-order chi connectivity index (χ0) is 36.2. The zero-order valence-electron chi connectivity index (χ0n) is 28.9. The SMILES string of the molecule is N#Cc1ccccc1-c1cc(-c2cc(-c3ccc4sc5ccccc5c4c3)cc(-c3ccc4sc5ccccc5c4c3)c2)cc(-c2ccccc2C#N)c1. The summed E-state index contributed by atoms with van der Waals surface area (Å²) in [5.41, 5.74) is 11.4. The lowest BCUT2D eigenvalue weighted by Gasteiger charge is -2.15. The lowest BCUT2D eigenvalue weighted by Crippen LogP contribution is -1.91. The predicted octanol–water partition coefficient (Wildman–Crippen LogP) is 14.5. The van der Waals surface area contributed by atoms with Crippen molar-refractivity contribution in [2.75, 3.05) is 0 Å². The van der Waals surface area contributed by atoms with Crippen molar-refractivity contribution < 1.29 is 0 Å². The van der Waals surface area contributed by atoms with Gasteiger partial charge in [-0.2, -0.15) is 10.5 Å². The molecule has 8 aromatic carbocycles. The normalized spacial score (nSPS) is 11.3. The lowest BCUT2D eigenvalue weighted by atomic mass is 9.88. The molecule has 0 aliphatic heterocycles. The Morgan fingerprint density at radius 2 is 0.648 bits per heavy atom. The highest BCUT2D eigenvalue weighted by Crippen LogP contribution is 2.42. The predicted molar refractivity (Wildman–Crippen MR) is 229 cm³/mol. The first-order valence-electron chi connectivity index (χ1n) is 17.8. The molecule has 10 rings (SSSR count). The summed E-state index contributed by atoms with van der Waals surface area (Å²) in [5, 5.41) is 25.3. The molecule has 0 N–H and O–H groups in total. The fraction of sp³-hybridized carbons (Fsp3) is 0. The minimum atomic E-state index is 0.608. The third-order valence-electron chi connectivity index (χ3n) is 10.3. The Hall–Kier alpha value is -6.82. The molecule has 0 atom stereocenters. The molecule has 2 heterocycles. The van der Waals surface area contributed by atoms with E-state index in [1.54, 1.807) is 0 Å². The van der Waals surface area contributed by atoms with Crippen LogP contribution in [0.4, 0.5) is 0 Å². The highest BCUT2D eigenvalue weighted by atomic mass is 32.1. The summed E-state index contributed by atoms with van der Waals surface area (Å²) in [4.78, 5) is 0. The van der Waals surface area contributed by atoms with Gasteiger partial charge in [-0.05, 0) is 141 Å². The van der Waals surface area contributed by atoms with Crippen LogP contribution in [-0.4, -0.2) is 0 Å². The van der Waals surface area contributed by atoms with E-state index in [2.05, 4.69) is 133 Å². The summed E-state index contributed by atoms with van der Waals surface area (Å²) in [5.74, 6) is 0.